The first-order valence-corrected chi connectivity index (χ1v) is 9.78. The van der Waals surface area contributed by atoms with Crippen LogP contribution in [0.5, 0.6) is 0 Å². The maximum atomic E-state index is 13.3. The summed E-state index contributed by atoms with van der Waals surface area (Å²) in [6.45, 7) is 4.32. The van der Waals surface area contributed by atoms with Crippen LogP contribution in [0.4, 0.5) is 4.39 Å². The molecule has 1 amide bonds. The molecule has 0 aliphatic heterocycles. The lowest BCUT2D eigenvalue weighted by molar-refractivity contribution is 0.0701. The highest BCUT2D eigenvalue weighted by Gasteiger charge is 2.25. The molecule has 0 spiro atoms. The van der Waals surface area contributed by atoms with Crippen molar-refractivity contribution in [3.8, 4) is 17.3 Å². The Kier molecular flexibility index (Phi) is 5.78. The number of carbonyl (C=O) groups is 1. The van der Waals surface area contributed by atoms with Crippen LogP contribution < -0.4 is 0 Å². The van der Waals surface area contributed by atoms with Crippen molar-refractivity contribution in [3.05, 3.63) is 72.2 Å². The molecular formula is C21H20FN7O2. The third-order valence-electron chi connectivity index (χ3n) is 4.79. The summed E-state index contributed by atoms with van der Waals surface area (Å²) in [4.78, 5) is 24.8. The molecule has 0 saturated heterocycles. The Morgan fingerprint density at radius 1 is 1.19 bits per heavy atom. The van der Waals surface area contributed by atoms with Gasteiger partial charge in [0.1, 0.15) is 11.5 Å². The molecule has 3 aromatic heterocycles. The molecule has 31 heavy (non-hydrogen) atoms. The number of pyridine rings is 1. The molecule has 0 N–H and O–H groups in total. The van der Waals surface area contributed by atoms with E-state index in [1.807, 2.05) is 19.9 Å². The Hall–Kier alpha value is -3.95. The van der Waals surface area contributed by atoms with Gasteiger partial charge in [-0.05, 0) is 38.1 Å². The van der Waals surface area contributed by atoms with Gasteiger partial charge in [0.05, 0.1) is 29.8 Å². The lowest BCUT2D eigenvalue weighted by Gasteiger charge is -2.28. The fourth-order valence-corrected chi connectivity index (χ4v) is 3.30. The highest BCUT2D eigenvalue weighted by atomic mass is 19.1. The van der Waals surface area contributed by atoms with E-state index < -0.39 is 5.82 Å². The number of aromatic nitrogens is 6. The molecule has 1 atom stereocenters. The SMILES string of the molecule is CCN(C(=O)c1ccccc1-n1nccn1)[C@@H](C)Cc1noc(-c2ccc(F)cn2)n1. The lowest BCUT2D eigenvalue weighted by atomic mass is 10.1. The second-order valence-electron chi connectivity index (χ2n) is 6.86. The Morgan fingerprint density at radius 3 is 2.68 bits per heavy atom. The second-order valence-corrected chi connectivity index (χ2v) is 6.86. The monoisotopic (exact) mass is 421 g/mol. The van der Waals surface area contributed by atoms with Gasteiger partial charge in [-0.2, -0.15) is 20.0 Å². The van der Waals surface area contributed by atoms with Crippen LogP contribution in [-0.4, -0.2) is 53.5 Å². The smallest absolute Gasteiger partial charge is 0.276 e. The van der Waals surface area contributed by atoms with E-state index in [9.17, 15) is 9.18 Å². The van der Waals surface area contributed by atoms with E-state index in [0.717, 1.165) is 6.20 Å². The van der Waals surface area contributed by atoms with Crippen LogP contribution in [0.1, 0.15) is 30.0 Å². The van der Waals surface area contributed by atoms with Crippen LogP contribution in [0.15, 0.2) is 59.5 Å². The number of carbonyl (C=O) groups excluding carboxylic acids is 1. The van der Waals surface area contributed by atoms with Crippen LogP contribution in [0.2, 0.25) is 0 Å². The minimum absolute atomic E-state index is 0.146. The zero-order chi connectivity index (χ0) is 21.8. The van der Waals surface area contributed by atoms with Crippen molar-refractivity contribution in [1.29, 1.82) is 0 Å². The zero-order valence-electron chi connectivity index (χ0n) is 17.0. The number of hydrogen-bond donors (Lipinski definition) is 0. The third kappa shape index (κ3) is 4.32. The molecule has 0 radical (unpaired) electrons. The zero-order valence-corrected chi connectivity index (χ0v) is 17.0. The summed E-state index contributed by atoms with van der Waals surface area (Å²) in [6, 6.07) is 9.73. The summed E-state index contributed by atoms with van der Waals surface area (Å²) in [5.41, 5.74) is 1.49. The highest BCUT2D eigenvalue weighted by molar-refractivity contribution is 5.97. The molecule has 3 heterocycles. The predicted octanol–water partition coefficient (Wildman–Crippen LogP) is 2.94. The molecule has 1 aromatic carbocycles. The Morgan fingerprint density at radius 2 is 1.97 bits per heavy atom. The van der Waals surface area contributed by atoms with Crippen LogP contribution >= 0.6 is 0 Å². The number of halogens is 1. The third-order valence-corrected chi connectivity index (χ3v) is 4.79. The molecule has 0 bridgehead atoms. The van der Waals surface area contributed by atoms with Crippen LogP contribution in [0.25, 0.3) is 17.3 Å². The van der Waals surface area contributed by atoms with Crippen molar-refractivity contribution in [2.75, 3.05) is 6.54 Å². The fraction of sp³-hybridized carbons (Fsp3) is 0.238. The molecule has 0 saturated carbocycles. The molecule has 158 valence electrons. The van der Waals surface area contributed by atoms with E-state index in [-0.39, 0.29) is 17.8 Å². The first-order valence-electron chi connectivity index (χ1n) is 9.78. The molecule has 4 rings (SSSR count). The van der Waals surface area contributed by atoms with Gasteiger partial charge in [-0.3, -0.25) is 4.79 Å². The van der Waals surface area contributed by atoms with Crippen molar-refractivity contribution < 1.29 is 13.7 Å². The fourth-order valence-electron chi connectivity index (χ4n) is 3.30. The van der Waals surface area contributed by atoms with Crippen LogP contribution in [0.3, 0.4) is 0 Å². The van der Waals surface area contributed by atoms with E-state index in [2.05, 4.69) is 25.3 Å². The summed E-state index contributed by atoms with van der Waals surface area (Å²) in [7, 11) is 0. The number of likely N-dealkylation sites (N-methyl/N-ethyl adjacent to an activating group) is 1. The second kappa shape index (κ2) is 8.82. The molecule has 0 unspecified atom stereocenters. The van der Waals surface area contributed by atoms with Crippen molar-refractivity contribution >= 4 is 5.91 Å². The number of amides is 1. The van der Waals surface area contributed by atoms with Gasteiger partial charge in [-0.25, -0.2) is 9.37 Å². The maximum Gasteiger partial charge on any atom is 0.276 e. The number of nitrogens with zero attached hydrogens (tertiary/aromatic N) is 7. The molecule has 4 aromatic rings. The topological polar surface area (TPSA) is 103 Å². The number of benzene rings is 1. The van der Waals surface area contributed by atoms with Gasteiger partial charge in [0, 0.05) is 19.0 Å². The predicted molar refractivity (Wildman–Crippen MR) is 109 cm³/mol. The molecule has 0 aliphatic carbocycles. The number of hydrogen-bond acceptors (Lipinski definition) is 7. The quantitative estimate of drug-likeness (QED) is 0.452. The van der Waals surface area contributed by atoms with Gasteiger partial charge in [-0.1, -0.05) is 17.3 Å². The normalized spacial score (nSPS) is 12.0. The van der Waals surface area contributed by atoms with Crippen LogP contribution in [-0.2, 0) is 6.42 Å². The summed E-state index contributed by atoms with van der Waals surface area (Å²) in [6.07, 6.45) is 4.59. The summed E-state index contributed by atoms with van der Waals surface area (Å²) < 4.78 is 18.3. The average Bonchev–Trinajstić information content (AvgIpc) is 3.47. The Bertz CT molecular complexity index is 1160. The summed E-state index contributed by atoms with van der Waals surface area (Å²) >= 11 is 0. The van der Waals surface area contributed by atoms with E-state index in [1.165, 1.54) is 16.9 Å². The van der Waals surface area contributed by atoms with E-state index >= 15 is 0 Å². The largest absolute Gasteiger partial charge is 0.336 e. The Labute approximate surface area is 177 Å². The van der Waals surface area contributed by atoms with E-state index in [4.69, 9.17) is 4.52 Å². The van der Waals surface area contributed by atoms with Crippen molar-refractivity contribution in [2.24, 2.45) is 0 Å². The maximum absolute atomic E-state index is 13.3. The molecule has 0 aliphatic rings. The number of para-hydroxylation sites is 1. The van der Waals surface area contributed by atoms with Gasteiger partial charge in [0.25, 0.3) is 11.8 Å². The number of rotatable bonds is 7. The highest BCUT2D eigenvalue weighted by Crippen LogP contribution is 2.19. The first-order chi connectivity index (χ1) is 15.1. The van der Waals surface area contributed by atoms with Gasteiger partial charge in [-0.15, -0.1) is 0 Å². The van der Waals surface area contributed by atoms with Gasteiger partial charge in [0.2, 0.25) is 0 Å². The molecule has 0 fully saturated rings. The van der Waals surface area contributed by atoms with Gasteiger partial charge >= 0.3 is 0 Å². The first kappa shape index (κ1) is 20.3. The van der Waals surface area contributed by atoms with Crippen molar-refractivity contribution in [2.45, 2.75) is 26.3 Å². The molecule has 9 nitrogen and oxygen atoms in total. The van der Waals surface area contributed by atoms with Gasteiger partial charge < -0.3 is 9.42 Å². The van der Waals surface area contributed by atoms with E-state index in [1.54, 1.807) is 35.5 Å². The van der Waals surface area contributed by atoms with Crippen LogP contribution in [0, 0.1) is 5.82 Å². The van der Waals surface area contributed by atoms with Crippen molar-refractivity contribution in [1.82, 2.24) is 35.0 Å². The standard InChI is InChI=1S/C21H20FN7O2/c1-3-28(21(30)16-6-4-5-7-18(16)29-24-10-11-25-29)14(2)12-19-26-20(31-27-19)17-9-8-15(22)13-23-17/h4-11,13-14H,3,12H2,1-2H3/t14-/m0/s1. The average molecular weight is 421 g/mol. The molecule has 10 heteroatoms. The molecular weight excluding hydrogens is 401 g/mol. The minimum Gasteiger partial charge on any atom is -0.336 e. The summed E-state index contributed by atoms with van der Waals surface area (Å²) in [5.74, 6) is 0.0419. The summed E-state index contributed by atoms with van der Waals surface area (Å²) in [5, 5.41) is 12.3. The van der Waals surface area contributed by atoms with Crippen molar-refractivity contribution in [3.63, 3.8) is 0 Å². The minimum atomic E-state index is -0.445. The Balaban J connectivity index is 1.52. The lowest BCUT2D eigenvalue weighted by Crippen LogP contribution is -2.40. The van der Waals surface area contributed by atoms with E-state index in [0.29, 0.717) is 35.7 Å². The van der Waals surface area contributed by atoms with Gasteiger partial charge in [0.15, 0.2) is 5.82 Å².